The molecule has 5 heteroatoms. The lowest BCUT2D eigenvalue weighted by Gasteiger charge is -2.13. The zero-order valence-electron chi connectivity index (χ0n) is 9.80. The number of benzene rings is 2. The topological polar surface area (TPSA) is 9.23 Å². The summed E-state index contributed by atoms with van der Waals surface area (Å²) in [6, 6.07) is 11.3. The summed E-state index contributed by atoms with van der Waals surface area (Å²) in [6.07, 6.45) is 0. The van der Waals surface area contributed by atoms with Gasteiger partial charge in [-0.2, -0.15) is 0 Å². The van der Waals surface area contributed by atoms with Crippen LogP contribution in [0.2, 0.25) is 10.0 Å². The van der Waals surface area contributed by atoms with Gasteiger partial charge in [-0.25, -0.2) is 0 Å². The summed E-state index contributed by atoms with van der Waals surface area (Å²) in [6.45, 7) is 0.409. The van der Waals surface area contributed by atoms with E-state index in [1.54, 1.807) is 12.1 Å². The van der Waals surface area contributed by atoms with Crippen LogP contribution in [0, 0.1) is 0 Å². The molecular weight excluding hydrogens is 370 g/mol. The maximum Gasteiger partial charge on any atom is 0.142 e. The van der Waals surface area contributed by atoms with Crippen molar-refractivity contribution in [3.05, 3.63) is 62.0 Å². The smallest absolute Gasteiger partial charge is 0.142 e. The normalized spacial score (nSPS) is 10.5. The van der Waals surface area contributed by atoms with E-state index in [9.17, 15) is 0 Å². The van der Waals surface area contributed by atoms with Gasteiger partial charge in [0.1, 0.15) is 12.4 Å². The third-order valence-electron chi connectivity index (χ3n) is 2.56. The summed E-state index contributed by atoms with van der Waals surface area (Å²) in [5, 5.41) is 1.02. The molecule has 2 rings (SSSR count). The average molecular weight is 380 g/mol. The second kappa shape index (κ2) is 6.85. The Morgan fingerprint density at radius 2 is 1.79 bits per heavy atom. The summed E-state index contributed by atoms with van der Waals surface area (Å²) >= 11 is 21.4. The third-order valence-corrected chi connectivity index (χ3v) is 4.12. The maximum atomic E-state index is 6.14. The molecule has 0 radical (unpaired) electrons. The minimum atomic E-state index is 0.297. The van der Waals surface area contributed by atoms with Crippen LogP contribution in [-0.2, 0) is 12.5 Å². The van der Waals surface area contributed by atoms with E-state index in [0.29, 0.717) is 28.3 Å². The van der Waals surface area contributed by atoms with Crippen LogP contribution in [0.5, 0.6) is 5.75 Å². The molecule has 1 nitrogen and oxygen atoms in total. The molecule has 0 aliphatic heterocycles. The molecule has 0 aromatic heterocycles. The van der Waals surface area contributed by atoms with Crippen molar-refractivity contribution in [2.24, 2.45) is 0 Å². The minimum absolute atomic E-state index is 0.297. The zero-order valence-corrected chi connectivity index (χ0v) is 13.7. The van der Waals surface area contributed by atoms with Crippen LogP contribution in [0.15, 0.2) is 40.9 Å². The van der Waals surface area contributed by atoms with Crippen molar-refractivity contribution in [2.75, 3.05) is 0 Å². The summed E-state index contributed by atoms with van der Waals surface area (Å²) in [7, 11) is 0. The van der Waals surface area contributed by atoms with E-state index in [0.717, 1.165) is 15.6 Å². The van der Waals surface area contributed by atoms with Crippen LogP contribution in [0.4, 0.5) is 0 Å². The van der Waals surface area contributed by atoms with Gasteiger partial charge < -0.3 is 4.74 Å². The van der Waals surface area contributed by atoms with Crippen LogP contribution >= 0.6 is 50.7 Å². The number of hydrogen-bond acceptors (Lipinski definition) is 1. The Kier molecular flexibility index (Phi) is 5.40. The van der Waals surface area contributed by atoms with Crippen molar-refractivity contribution in [3.8, 4) is 5.75 Å². The fourth-order valence-corrected chi connectivity index (χ4v) is 2.83. The predicted octanol–water partition coefficient (Wildman–Crippen LogP) is 6.07. The van der Waals surface area contributed by atoms with E-state index in [1.165, 1.54) is 0 Å². The van der Waals surface area contributed by atoms with E-state index in [4.69, 9.17) is 39.5 Å². The molecule has 0 bridgehead atoms. The molecule has 0 N–H and O–H groups in total. The standard InChI is InChI=1S/C14H10BrCl3O/c15-12-4-2-1-3-9(12)8-19-14-10(7-16)5-11(17)6-13(14)18/h1-6H,7-8H2. The first-order chi connectivity index (χ1) is 9.11. The highest BCUT2D eigenvalue weighted by atomic mass is 79.9. The van der Waals surface area contributed by atoms with Gasteiger partial charge in [-0.05, 0) is 18.2 Å². The second-order valence-electron chi connectivity index (χ2n) is 3.89. The monoisotopic (exact) mass is 378 g/mol. The van der Waals surface area contributed by atoms with Gasteiger partial charge in [0.05, 0.1) is 10.9 Å². The van der Waals surface area contributed by atoms with Crippen molar-refractivity contribution >= 4 is 50.7 Å². The summed E-state index contributed by atoms with van der Waals surface area (Å²) < 4.78 is 6.77. The van der Waals surface area contributed by atoms with Gasteiger partial charge in [0.15, 0.2) is 0 Å². The third kappa shape index (κ3) is 3.79. The lowest BCUT2D eigenvalue weighted by molar-refractivity contribution is 0.303. The molecule has 0 unspecified atom stereocenters. The largest absolute Gasteiger partial charge is 0.487 e. The first-order valence-corrected chi connectivity index (χ1v) is 7.60. The highest BCUT2D eigenvalue weighted by molar-refractivity contribution is 9.10. The van der Waals surface area contributed by atoms with Gasteiger partial charge in [-0.3, -0.25) is 0 Å². The van der Waals surface area contributed by atoms with E-state index in [-0.39, 0.29) is 0 Å². The van der Waals surface area contributed by atoms with Gasteiger partial charge in [0.25, 0.3) is 0 Å². The molecule has 0 spiro atoms. The Bertz CT molecular complexity index is 587. The fraction of sp³-hybridized carbons (Fsp3) is 0.143. The molecule has 0 atom stereocenters. The molecule has 0 heterocycles. The molecule has 2 aromatic rings. The molecule has 0 saturated carbocycles. The highest BCUT2D eigenvalue weighted by Gasteiger charge is 2.11. The summed E-state index contributed by atoms with van der Waals surface area (Å²) in [4.78, 5) is 0. The molecule has 0 fully saturated rings. The Balaban J connectivity index is 2.22. The number of ether oxygens (including phenoxy) is 1. The molecular formula is C14H10BrCl3O. The molecule has 19 heavy (non-hydrogen) atoms. The van der Waals surface area contributed by atoms with Crippen LogP contribution in [0.25, 0.3) is 0 Å². The van der Waals surface area contributed by atoms with Gasteiger partial charge >= 0.3 is 0 Å². The zero-order chi connectivity index (χ0) is 13.8. The Hall–Kier alpha value is -0.410. The van der Waals surface area contributed by atoms with Crippen molar-refractivity contribution in [3.63, 3.8) is 0 Å². The number of alkyl halides is 1. The van der Waals surface area contributed by atoms with Gasteiger partial charge in [0, 0.05) is 20.6 Å². The Morgan fingerprint density at radius 3 is 2.47 bits per heavy atom. The minimum Gasteiger partial charge on any atom is -0.487 e. The number of halogens is 4. The van der Waals surface area contributed by atoms with E-state index in [1.807, 2.05) is 24.3 Å². The highest BCUT2D eigenvalue weighted by Crippen LogP contribution is 2.34. The van der Waals surface area contributed by atoms with Crippen LogP contribution in [0.1, 0.15) is 11.1 Å². The Labute approximate surface area is 135 Å². The van der Waals surface area contributed by atoms with Crippen LogP contribution in [0.3, 0.4) is 0 Å². The van der Waals surface area contributed by atoms with E-state index < -0.39 is 0 Å². The van der Waals surface area contributed by atoms with Gasteiger partial charge in [-0.15, -0.1) is 11.6 Å². The molecule has 0 amide bonds. The lowest BCUT2D eigenvalue weighted by Crippen LogP contribution is -1.99. The first kappa shape index (κ1) is 15.0. The van der Waals surface area contributed by atoms with Crippen molar-refractivity contribution < 1.29 is 4.74 Å². The second-order valence-corrected chi connectivity index (χ2v) is 5.85. The molecule has 2 aromatic carbocycles. The van der Waals surface area contributed by atoms with E-state index in [2.05, 4.69) is 15.9 Å². The number of hydrogen-bond donors (Lipinski definition) is 0. The molecule has 0 aliphatic carbocycles. The SMILES string of the molecule is ClCc1cc(Cl)cc(Cl)c1OCc1ccccc1Br. The molecule has 0 saturated heterocycles. The van der Waals surface area contributed by atoms with Crippen LogP contribution < -0.4 is 4.74 Å². The van der Waals surface area contributed by atoms with Crippen molar-refractivity contribution in [1.29, 1.82) is 0 Å². The molecule has 0 aliphatic rings. The predicted molar refractivity (Wildman–Crippen MR) is 84.5 cm³/mol. The molecule has 100 valence electrons. The van der Waals surface area contributed by atoms with Gasteiger partial charge in [-0.1, -0.05) is 57.3 Å². The fourth-order valence-electron chi connectivity index (χ4n) is 1.64. The van der Waals surface area contributed by atoms with Crippen molar-refractivity contribution in [1.82, 2.24) is 0 Å². The van der Waals surface area contributed by atoms with Crippen LogP contribution in [-0.4, -0.2) is 0 Å². The quantitative estimate of drug-likeness (QED) is 0.585. The average Bonchev–Trinajstić information content (AvgIpc) is 2.38. The van der Waals surface area contributed by atoms with E-state index >= 15 is 0 Å². The number of rotatable bonds is 4. The summed E-state index contributed by atoms with van der Waals surface area (Å²) in [5.41, 5.74) is 1.82. The summed E-state index contributed by atoms with van der Waals surface area (Å²) in [5.74, 6) is 0.878. The van der Waals surface area contributed by atoms with Gasteiger partial charge in [0.2, 0.25) is 0 Å². The maximum absolute atomic E-state index is 6.14. The van der Waals surface area contributed by atoms with Crippen molar-refractivity contribution in [2.45, 2.75) is 12.5 Å². The first-order valence-electron chi connectivity index (χ1n) is 5.52. The lowest BCUT2D eigenvalue weighted by atomic mass is 10.2. The Morgan fingerprint density at radius 1 is 1.05 bits per heavy atom.